The van der Waals surface area contributed by atoms with Crippen molar-refractivity contribution in [3.63, 3.8) is 0 Å². The van der Waals surface area contributed by atoms with Crippen molar-refractivity contribution in [1.82, 2.24) is 4.98 Å². The molecule has 1 rings (SSSR count). The Morgan fingerprint density at radius 1 is 1.30 bits per heavy atom. The zero-order valence-electron chi connectivity index (χ0n) is 6.66. The zero-order chi connectivity index (χ0) is 7.82. The maximum absolute atomic E-state index is 4.06. The van der Waals surface area contributed by atoms with Crippen LogP contribution >= 0.6 is 11.8 Å². The van der Waals surface area contributed by atoms with E-state index in [1.807, 2.05) is 38.3 Å². The van der Waals surface area contributed by atoms with Crippen LogP contribution in [0.2, 0.25) is 0 Å². The van der Waals surface area contributed by atoms with E-state index in [2.05, 4.69) is 4.98 Å². The standard InChI is InChI=1S/C6H7NS.C2H6/c1-8-6-4-2-3-5-7-6;1-2/h2-5H,1H3;1-2H3. The van der Waals surface area contributed by atoms with E-state index in [0.717, 1.165) is 5.03 Å². The summed E-state index contributed by atoms with van der Waals surface area (Å²) in [5, 5.41) is 1.08. The van der Waals surface area contributed by atoms with Crippen molar-refractivity contribution in [1.29, 1.82) is 0 Å². The van der Waals surface area contributed by atoms with Gasteiger partial charge in [0, 0.05) is 6.20 Å². The molecular weight excluding hydrogens is 142 g/mol. The molecule has 1 aromatic heterocycles. The lowest BCUT2D eigenvalue weighted by molar-refractivity contribution is 1.14. The van der Waals surface area contributed by atoms with Crippen LogP contribution in [0.5, 0.6) is 0 Å². The molecule has 1 heterocycles. The molecule has 0 aliphatic rings. The Labute approximate surface area is 66.9 Å². The smallest absolute Gasteiger partial charge is 0.0957 e. The van der Waals surface area contributed by atoms with E-state index in [4.69, 9.17) is 0 Å². The van der Waals surface area contributed by atoms with Crippen molar-refractivity contribution in [2.75, 3.05) is 6.26 Å². The Morgan fingerprint density at radius 2 is 2.00 bits per heavy atom. The van der Waals surface area contributed by atoms with Gasteiger partial charge in [-0.05, 0) is 18.4 Å². The fourth-order valence-electron chi connectivity index (χ4n) is 0.468. The Balaban J connectivity index is 0.000000371. The molecular formula is C8H13NS. The minimum atomic E-state index is 1.08. The minimum absolute atomic E-state index is 1.08. The number of nitrogens with zero attached hydrogens (tertiary/aromatic N) is 1. The molecule has 0 radical (unpaired) electrons. The Kier molecular flexibility index (Phi) is 6.29. The first kappa shape index (κ1) is 9.50. The molecule has 2 heteroatoms. The van der Waals surface area contributed by atoms with Gasteiger partial charge in [-0.3, -0.25) is 0 Å². The van der Waals surface area contributed by atoms with Crippen LogP contribution in [0, 0.1) is 0 Å². The highest BCUT2D eigenvalue weighted by Gasteiger charge is 1.82. The maximum atomic E-state index is 4.06. The second-order valence-corrected chi connectivity index (χ2v) is 2.20. The molecule has 0 amide bonds. The van der Waals surface area contributed by atoms with Crippen LogP contribution in [0.3, 0.4) is 0 Å². The van der Waals surface area contributed by atoms with Crippen LogP contribution in [0.25, 0.3) is 0 Å². The average Bonchev–Trinajstić information content (AvgIpc) is 2.10. The maximum Gasteiger partial charge on any atom is 0.0957 e. The SMILES string of the molecule is CC.CSc1ccccn1. The molecule has 0 spiro atoms. The quantitative estimate of drug-likeness (QED) is 0.578. The molecule has 0 unspecified atom stereocenters. The minimum Gasteiger partial charge on any atom is -0.250 e. The Bertz CT molecular complexity index is 151. The number of hydrogen-bond donors (Lipinski definition) is 0. The van der Waals surface area contributed by atoms with Gasteiger partial charge in [-0.15, -0.1) is 11.8 Å². The molecule has 0 aliphatic carbocycles. The lowest BCUT2D eigenvalue weighted by atomic mass is 10.5. The topological polar surface area (TPSA) is 12.9 Å². The van der Waals surface area contributed by atoms with E-state index in [-0.39, 0.29) is 0 Å². The molecule has 0 N–H and O–H groups in total. The van der Waals surface area contributed by atoms with Gasteiger partial charge < -0.3 is 0 Å². The van der Waals surface area contributed by atoms with Gasteiger partial charge in [0.05, 0.1) is 5.03 Å². The summed E-state index contributed by atoms with van der Waals surface area (Å²) in [6.07, 6.45) is 3.81. The van der Waals surface area contributed by atoms with Crippen molar-refractivity contribution in [3.8, 4) is 0 Å². The Hall–Kier alpha value is -0.500. The van der Waals surface area contributed by atoms with Crippen LogP contribution in [0.15, 0.2) is 29.4 Å². The third-order valence-corrected chi connectivity index (χ3v) is 1.51. The number of aromatic nitrogens is 1. The molecule has 0 aromatic carbocycles. The molecule has 0 fully saturated rings. The van der Waals surface area contributed by atoms with E-state index >= 15 is 0 Å². The van der Waals surface area contributed by atoms with Crippen LogP contribution in [-0.4, -0.2) is 11.2 Å². The summed E-state index contributed by atoms with van der Waals surface area (Å²) in [7, 11) is 0. The van der Waals surface area contributed by atoms with Crippen LogP contribution in [-0.2, 0) is 0 Å². The average molecular weight is 155 g/mol. The van der Waals surface area contributed by atoms with Crippen molar-refractivity contribution in [2.45, 2.75) is 18.9 Å². The van der Waals surface area contributed by atoms with Gasteiger partial charge in [0.1, 0.15) is 0 Å². The molecule has 1 nitrogen and oxygen atoms in total. The zero-order valence-corrected chi connectivity index (χ0v) is 7.48. The van der Waals surface area contributed by atoms with Crippen LogP contribution in [0.1, 0.15) is 13.8 Å². The van der Waals surface area contributed by atoms with E-state index in [1.165, 1.54) is 0 Å². The summed E-state index contributed by atoms with van der Waals surface area (Å²) < 4.78 is 0. The third kappa shape index (κ3) is 3.51. The summed E-state index contributed by atoms with van der Waals surface area (Å²) in [6.45, 7) is 4.00. The van der Waals surface area contributed by atoms with E-state index in [1.54, 1.807) is 18.0 Å². The van der Waals surface area contributed by atoms with E-state index < -0.39 is 0 Å². The van der Waals surface area contributed by atoms with Gasteiger partial charge in [-0.25, -0.2) is 4.98 Å². The largest absolute Gasteiger partial charge is 0.250 e. The lowest BCUT2D eigenvalue weighted by Crippen LogP contribution is -1.71. The molecule has 0 bridgehead atoms. The summed E-state index contributed by atoms with van der Waals surface area (Å²) in [4.78, 5) is 4.06. The third-order valence-electron chi connectivity index (χ3n) is 0.847. The van der Waals surface area contributed by atoms with E-state index in [0.29, 0.717) is 0 Å². The lowest BCUT2D eigenvalue weighted by Gasteiger charge is -1.88. The van der Waals surface area contributed by atoms with Crippen LogP contribution < -0.4 is 0 Å². The van der Waals surface area contributed by atoms with Gasteiger partial charge in [0.2, 0.25) is 0 Å². The number of thioether (sulfide) groups is 1. The number of hydrogen-bond acceptors (Lipinski definition) is 2. The summed E-state index contributed by atoms with van der Waals surface area (Å²) in [5.41, 5.74) is 0. The number of pyridine rings is 1. The van der Waals surface area contributed by atoms with Crippen molar-refractivity contribution >= 4 is 11.8 Å². The molecule has 0 saturated carbocycles. The normalized spacial score (nSPS) is 7.90. The highest BCUT2D eigenvalue weighted by molar-refractivity contribution is 7.98. The summed E-state index contributed by atoms with van der Waals surface area (Å²) in [5.74, 6) is 0. The van der Waals surface area contributed by atoms with Crippen LogP contribution in [0.4, 0.5) is 0 Å². The Morgan fingerprint density at radius 3 is 2.30 bits per heavy atom. The predicted molar refractivity (Wildman–Crippen MR) is 47.4 cm³/mol. The molecule has 56 valence electrons. The fraction of sp³-hybridized carbons (Fsp3) is 0.375. The first-order chi connectivity index (χ1) is 4.93. The van der Waals surface area contributed by atoms with Gasteiger partial charge >= 0.3 is 0 Å². The van der Waals surface area contributed by atoms with Gasteiger partial charge in [0.15, 0.2) is 0 Å². The van der Waals surface area contributed by atoms with Crippen molar-refractivity contribution in [3.05, 3.63) is 24.4 Å². The molecule has 0 saturated heterocycles. The predicted octanol–water partition coefficient (Wildman–Crippen LogP) is 2.83. The van der Waals surface area contributed by atoms with Gasteiger partial charge in [0.25, 0.3) is 0 Å². The molecule has 1 aromatic rings. The molecule has 0 aliphatic heterocycles. The monoisotopic (exact) mass is 155 g/mol. The van der Waals surface area contributed by atoms with E-state index in [9.17, 15) is 0 Å². The summed E-state index contributed by atoms with van der Waals surface area (Å²) in [6, 6.07) is 5.89. The first-order valence-electron chi connectivity index (χ1n) is 3.38. The second kappa shape index (κ2) is 6.62. The fourth-order valence-corrected chi connectivity index (χ4v) is 0.849. The highest BCUT2D eigenvalue weighted by Crippen LogP contribution is 2.07. The van der Waals surface area contributed by atoms with Crippen molar-refractivity contribution in [2.24, 2.45) is 0 Å². The second-order valence-electron chi connectivity index (χ2n) is 1.37. The molecule has 0 atom stereocenters. The van der Waals surface area contributed by atoms with Gasteiger partial charge in [-0.1, -0.05) is 19.9 Å². The van der Waals surface area contributed by atoms with Gasteiger partial charge in [-0.2, -0.15) is 0 Å². The van der Waals surface area contributed by atoms with Crippen molar-refractivity contribution < 1.29 is 0 Å². The first-order valence-corrected chi connectivity index (χ1v) is 4.61. The molecule has 10 heavy (non-hydrogen) atoms. The number of rotatable bonds is 1. The highest BCUT2D eigenvalue weighted by atomic mass is 32.2. The summed E-state index contributed by atoms with van der Waals surface area (Å²) >= 11 is 1.66.